The van der Waals surface area contributed by atoms with Gasteiger partial charge >= 0.3 is 12.1 Å². The van der Waals surface area contributed by atoms with E-state index in [4.69, 9.17) is 4.74 Å². The van der Waals surface area contributed by atoms with Crippen molar-refractivity contribution in [2.45, 2.75) is 6.17 Å². The van der Waals surface area contributed by atoms with Crippen LogP contribution in [-0.2, 0) is 0 Å². The second-order valence-electron chi connectivity index (χ2n) is 3.28. The number of hydrogen-bond donors (Lipinski definition) is 3. The van der Waals surface area contributed by atoms with Crippen LogP contribution >= 0.6 is 0 Å². The molecule has 16 heavy (non-hydrogen) atoms. The number of carbonyl (C=O) groups excluding carboxylic acids is 2. The molecule has 84 valence electrons. The molecular formula is C10H11N3O3. The van der Waals surface area contributed by atoms with Gasteiger partial charge in [0.05, 0.1) is 7.11 Å². The number of hydrogen-bond acceptors (Lipinski definition) is 3. The van der Waals surface area contributed by atoms with Gasteiger partial charge in [0.2, 0.25) is 0 Å². The highest BCUT2D eigenvalue weighted by Gasteiger charge is 2.23. The van der Waals surface area contributed by atoms with Crippen LogP contribution in [0.15, 0.2) is 24.3 Å². The molecule has 0 aliphatic carbocycles. The summed E-state index contributed by atoms with van der Waals surface area (Å²) >= 11 is 0. The molecule has 1 aliphatic rings. The van der Waals surface area contributed by atoms with Crippen molar-refractivity contribution in [1.29, 1.82) is 0 Å². The topological polar surface area (TPSA) is 79.5 Å². The summed E-state index contributed by atoms with van der Waals surface area (Å²) in [5.74, 6) is 0.666. The van der Waals surface area contributed by atoms with Gasteiger partial charge in [0.15, 0.2) is 0 Å². The van der Waals surface area contributed by atoms with Crippen molar-refractivity contribution in [3.63, 3.8) is 0 Å². The van der Waals surface area contributed by atoms with Crippen LogP contribution < -0.4 is 20.7 Å². The van der Waals surface area contributed by atoms with Crippen LogP contribution in [0.5, 0.6) is 5.75 Å². The van der Waals surface area contributed by atoms with E-state index < -0.39 is 18.2 Å². The first-order chi connectivity index (χ1) is 7.69. The molecule has 0 radical (unpaired) electrons. The summed E-state index contributed by atoms with van der Waals surface area (Å²) in [6.45, 7) is 0. The molecule has 3 N–H and O–H groups in total. The van der Waals surface area contributed by atoms with Gasteiger partial charge in [0.1, 0.15) is 11.9 Å². The average molecular weight is 221 g/mol. The van der Waals surface area contributed by atoms with Crippen LogP contribution in [0.25, 0.3) is 0 Å². The molecule has 4 amide bonds. The Kier molecular flexibility index (Phi) is 2.63. The number of rotatable bonds is 2. The number of ether oxygens (including phenoxy) is 1. The van der Waals surface area contributed by atoms with Crippen molar-refractivity contribution in [2.75, 3.05) is 7.11 Å². The Morgan fingerprint density at radius 1 is 1.19 bits per heavy atom. The lowest BCUT2D eigenvalue weighted by Gasteiger charge is -2.25. The van der Waals surface area contributed by atoms with Gasteiger partial charge in [0.25, 0.3) is 0 Å². The quantitative estimate of drug-likeness (QED) is 0.688. The Morgan fingerprint density at radius 3 is 2.50 bits per heavy atom. The first-order valence-electron chi connectivity index (χ1n) is 4.71. The van der Waals surface area contributed by atoms with Crippen LogP contribution in [0.2, 0.25) is 0 Å². The van der Waals surface area contributed by atoms with Crippen molar-refractivity contribution in [3.8, 4) is 5.75 Å². The highest BCUT2D eigenvalue weighted by Crippen LogP contribution is 2.18. The van der Waals surface area contributed by atoms with E-state index in [0.29, 0.717) is 5.75 Å². The Morgan fingerprint density at radius 2 is 1.88 bits per heavy atom. The minimum absolute atomic E-state index is 0.517. The SMILES string of the molecule is COc1cccc(C2NC(=O)NC(=O)N2)c1. The maximum Gasteiger partial charge on any atom is 0.324 e. The Labute approximate surface area is 92.0 Å². The van der Waals surface area contributed by atoms with Crippen molar-refractivity contribution < 1.29 is 14.3 Å². The molecule has 0 aromatic heterocycles. The number of nitrogens with one attached hydrogen (secondary N) is 3. The lowest BCUT2D eigenvalue weighted by molar-refractivity contribution is 0.209. The minimum Gasteiger partial charge on any atom is -0.497 e. The number of methoxy groups -OCH3 is 1. The molecule has 1 saturated heterocycles. The van der Waals surface area contributed by atoms with Crippen molar-refractivity contribution in [1.82, 2.24) is 16.0 Å². The standard InChI is InChI=1S/C10H11N3O3/c1-16-7-4-2-3-6(5-7)8-11-9(14)13-10(15)12-8/h2-5,8H,1H3,(H3,11,12,13,14,15). The summed E-state index contributed by atoms with van der Waals surface area (Å²) < 4.78 is 5.06. The molecule has 0 atom stereocenters. The van der Waals surface area contributed by atoms with Gasteiger partial charge in [-0.2, -0.15) is 0 Å². The molecule has 0 bridgehead atoms. The lowest BCUT2D eigenvalue weighted by atomic mass is 10.1. The number of benzene rings is 1. The Balaban J connectivity index is 2.22. The van der Waals surface area contributed by atoms with Gasteiger partial charge in [-0.1, -0.05) is 12.1 Å². The van der Waals surface area contributed by atoms with Gasteiger partial charge in [-0.15, -0.1) is 0 Å². The van der Waals surface area contributed by atoms with Crippen LogP contribution in [0, 0.1) is 0 Å². The number of carbonyl (C=O) groups is 2. The zero-order valence-electron chi connectivity index (χ0n) is 8.61. The van der Waals surface area contributed by atoms with E-state index >= 15 is 0 Å². The number of urea groups is 2. The smallest absolute Gasteiger partial charge is 0.324 e. The van der Waals surface area contributed by atoms with Gasteiger partial charge < -0.3 is 15.4 Å². The van der Waals surface area contributed by atoms with E-state index in [1.54, 1.807) is 31.4 Å². The second-order valence-corrected chi connectivity index (χ2v) is 3.28. The number of imide groups is 1. The monoisotopic (exact) mass is 221 g/mol. The molecule has 0 spiro atoms. The molecule has 6 nitrogen and oxygen atoms in total. The molecular weight excluding hydrogens is 210 g/mol. The zero-order valence-corrected chi connectivity index (χ0v) is 8.61. The van der Waals surface area contributed by atoms with Crippen LogP contribution in [0.3, 0.4) is 0 Å². The van der Waals surface area contributed by atoms with Crippen molar-refractivity contribution in [2.24, 2.45) is 0 Å². The van der Waals surface area contributed by atoms with E-state index in [1.807, 2.05) is 0 Å². The van der Waals surface area contributed by atoms with Crippen LogP contribution in [0.1, 0.15) is 11.7 Å². The molecule has 0 saturated carbocycles. The third kappa shape index (κ3) is 2.05. The number of amides is 4. The Hall–Kier alpha value is -2.24. The third-order valence-electron chi connectivity index (χ3n) is 2.21. The zero-order chi connectivity index (χ0) is 11.5. The molecule has 1 aromatic rings. The summed E-state index contributed by atoms with van der Waals surface area (Å²) in [5, 5.41) is 7.23. The maximum atomic E-state index is 11.1. The fourth-order valence-corrected chi connectivity index (χ4v) is 1.46. The predicted octanol–water partition coefficient (Wildman–Crippen LogP) is 0.716. The van der Waals surface area contributed by atoms with Crippen LogP contribution in [-0.4, -0.2) is 19.2 Å². The van der Waals surface area contributed by atoms with E-state index in [9.17, 15) is 9.59 Å². The van der Waals surface area contributed by atoms with Gasteiger partial charge in [-0.05, 0) is 17.7 Å². The molecule has 1 aromatic carbocycles. The molecule has 0 unspecified atom stereocenters. The van der Waals surface area contributed by atoms with Crippen LogP contribution in [0.4, 0.5) is 9.59 Å². The van der Waals surface area contributed by atoms with E-state index in [1.165, 1.54) is 0 Å². The van der Waals surface area contributed by atoms with E-state index in [-0.39, 0.29) is 0 Å². The third-order valence-corrected chi connectivity index (χ3v) is 2.21. The predicted molar refractivity (Wildman–Crippen MR) is 55.9 cm³/mol. The largest absolute Gasteiger partial charge is 0.497 e. The fraction of sp³-hybridized carbons (Fsp3) is 0.200. The summed E-state index contributed by atoms with van der Waals surface area (Å²) in [4.78, 5) is 22.2. The molecule has 6 heteroatoms. The first-order valence-corrected chi connectivity index (χ1v) is 4.71. The summed E-state index contributed by atoms with van der Waals surface area (Å²) in [6.07, 6.45) is -0.531. The van der Waals surface area contributed by atoms with Gasteiger partial charge in [0, 0.05) is 0 Å². The van der Waals surface area contributed by atoms with Gasteiger partial charge in [-0.3, -0.25) is 5.32 Å². The fourth-order valence-electron chi connectivity index (χ4n) is 1.46. The molecule has 1 heterocycles. The average Bonchev–Trinajstić information content (AvgIpc) is 2.28. The summed E-state index contributed by atoms with van der Waals surface area (Å²) in [6, 6.07) is 6.08. The molecule has 1 aliphatic heterocycles. The highest BCUT2D eigenvalue weighted by molar-refractivity contribution is 5.96. The molecule has 1 fully saturated rings. The minimum atomic E-state index is -0.531. The van der Waals surface area contributed by atoms with Gasteiger partial charge in [-0.25, -0.2) is 9.59 Å². The van der Waals surface area contributed by atoms with E-state index in [0.717, 1.165) is 5.56 Å². The summed E-state index contributed by atoms with van der Waals surface area (Å²) in [7, 11) is 1.55. The first kappa shape index (κ1) is 10.3. The van der Waals surface area contributed by atoms with E-state index in [2.05, 4.69) is 16.0 Å². The molecule has 2 rings (SSSR count). The lowest BCUT2D eigenvalue weighted by Crippen LogP contribution is -2.56. The Bertz CT molecular complexity index is 417. The maximum absolute atomic E-state index is 11.1. The normalized spacial score (nSPS) is 16.1. The highest BCUT2D eigenvalue weighted by atomic mass is 16.5. The van der Waals surface area contributed by atoms with Crippen molar-refractivity contribution in [3.05, 3.63) is 29.8 Å². The second kappa shape index (κ2) is 4.09. The van der Waals surface area contributed by atoms with Crippen molar-refractivity contribution >= 4 is 12.1 Å². The summed E-state index contributed by atoms with van der Waals surface area (Å²) in [5.41, 5.74) is 0.752.